The highest BCUT2D eigenvalue weighted by Crippen LogP contribution is 2.31. The first-order valence-corrected chi connectivity index (χ1v) is 7.95. The Morgan fingerprint density at radius 3 is 2.48 bits per heavy atom. The Kier molecular flexibility index (Phi) is 5.27. The van der Waals surface area contributed by atoms with Crippen molar-refractivity contribution in [2.24, 2.45) is 0 Å². The molecule has 1 unspecified atom stereocenters. The molecule has 0 N–H and O–H groups in total. The summed E-state index contributed by atoms with van der Waals surface area (Å²) in [4.78, 5) is 0. The van der Waals surface area contributed by atoms with Crippen molar-refractivity contribution < 1.29 is 9.09 Å². The zero-order chi connectivity index (χ0) is 15.4. The van der Waals surface area contributed by atoms with Gasteiger partial charge in [-0.05, 0) is 61.1 Å². The van der Waals surface area contributed by atoms with Crippen molar-refractivity contribution in [2.75, 3.05) is 0 Å². The standard InChI is InChI=1S/C18H21O2P/c1-5-15-7-6-8-18(20-21-19)17(15)11-16-13(3)9-12(2)10-14(16)4/h6-11,18H,5H2,1-4H3. The van der Waals surface area contributed by atoms with Crippen LogP contribution in [0.15, 0.2) is 41.5 Å². The lowest BCUT2D eigenvalue weighted by atomic mass is 9.89. The minimum Gasteiger partial charge on any atom is -0.282 e. The topological polar surface area (TPSA) is 26.3 Å². The van der Waals surface area contributed by atoms with Gasteiger partial charge in [0.2, 0.25) is 0 Å². The van der Waals surface area contributed by atoms with Gasteiger partial charge in [0.25, 0.3) is 0 Å². The van der Waals surface area contributed by atoms with Crippen molar-refractivity contribution >= 4 is 14.8 Å². The maximum atomic E-state index is 10.8. The Bertz CT molecular complexity index is 616. The largest absolute Gasteiger partial charge is 0.328 e. The van der Waals surface area contributed by atoms with Gasteiger partial charge >= 0.3 is 8.69 Å². The predicted octanol–water partition coefficient (Wildman–Crippen LogP) is 5.49. The molecule has 1 aliphatic rings. The smallest absolute Gasteiger partial charge is 0.282 e. The lowest BCUT2D eigenvalue weighted by molar-refractivity contribution is 0.311. The third-order valence-electron chi connectivity index (χ3n) is 3.84. The molecule has 0 saturated heterocycles. The van der Waals surface area contributed by atoms with Crippen LogP contribution < -0.4 is 0 Å². The van der Waals surface area contributed by atoms with Crippen LogP contribution in [-0.4, -0.2) is 6.10 Å². The van der Waals surface area contributed by atoms with Gasteiger partial charge in [-0.1, -0.05) is 42.8 Å². The van der Waals surface area contributed by atoms with Crippen molar-refractivity contribution in [1.29, 1.82) is 0 Å². The van der Waals surface area contributed by atoms with Gasteiger partial charge in [0.05, 0.1) is 0 Å². The Labute approximate surface area is 128 Å². The van der Waals surface area contributed by atoms with Crippen LogP contribution in [0, 0.1) is 20.8 Å². The molecule has 0 spiro atoms. The molecular weight excluding hydrogens is 279 g/mol. The normalized spacial score (nSPS) is 20.1. The van der Waals surface area contributed by atoms with Gasteiger partial charge in [-0.3, -0.25) is 4.52 Å². The molecular formula is C18H21O2P. The van der Waals surface area contributed by atoms with Gasteiger partial charge in [-0.25, -0.2) is 4.57 Å². The number of rotatable bonds is 4. The van der Waals surface area contributed by atoms with Gasteiger partial charge in [0, 0.05) is 0 Å². The number of hydrogen-bond donors (Lipinski definition) is 0. The molecule has 3 heteroatoms. The average Bonchev–Trinajstić information content (AvgIpc) is 2.44. The van der Waals surface area contributed by atoms with Crippen molar-refractivity contribution in [3.63, 3.8) is 0 Å². The summed E-state index contributed by atoms with van der Waals surface area (Å²) in [5, 5.41) is 0. The van der Waals surface area contributed by atoms with Crippen LogP contribution in [0.3, 0.4) is 0 Å². The maximum Gasteiger partial charge on any atom is 0.328 e. The van der Waals surface area contributed by atoms with E-state index in [1.54, 1.807) is 0 Å². The summed E-state index contributed by atoms with van der Waals surface area (Å²) in [6, 6.07) is 4.38. The molecule has 2 rings (SSSR count). The van der Waals surface area contributed by atoms with E-state index in [-0.39, 0.29) is 14.8 Å². The molecule has 0 bridgehead atoms. The lowest BCUT2D eigenvalue weighted by Crippen LogP contribution is -2.13. The van der Waals surface area contributed by atoms with Crippen molar-refractivity contribution in [3.8, 4) is 0 Å². The minimum atomic E-state index is -0.287. The summed E-state index contributed by atoms with van der Waals surface area (Å²) >= 11 is 0. The number of benzene rings is 1. The zero-order valence-electron chi connectivity index (χ0n) is 13.0. The number of allylic oxidation sites excluding steroid dienone is 2. The Hall–Kier alpha value is -1.50. The quantitative estimate of drug-likeness (QED) is 0.687. The summed E-state index contributed by atoms with van der Waals surface area (Å²) in [6.45, 7) is 8.49. The Balaban J connectivity index is 2.52. The van der Waals surface area contributed by atoms with Crippen LogP contribution in [0.1, 0.15) is 35.6 Å². The summed E-state index contributed by atoms with van der Waals surface area (Å²) < 4.78 is 16.2. The van der Waals surface area contributed by atoms with E-state index in [2.05, 4.69) is 52.0 Å². The van der Waals surface area contributed by atoms with E-state index in [1.807, 2.05) is 12.2 Å². The molecule has 0 saturated carbocycles. The highest BCUT2D eigenvalue weighted by molar-refractivity contribution is 7.17. The SMILES string of the molecule is CCC1=CC=CC(OP=O)C1=Cc1c(C)cc(C)cc1C. The molecule has 1 atom stereocenters. The second kappa shape index (κ2) is 6.98. The Morgan fingerprint density at radius 2 is 1.90 bits per heavy atom. The highest BCUT2D eigenvalue weighted by Gasteiger charge is 2.19. The van der Waals surface area contributed by atoms with Crippen LogP contribution in [0.5, 0.6) is 0 Å². The first-order chi connectivity index (χ1) is 10.1. The molecule has 0 aliphatic heterocycles. The molecule has 1 aromatic rings. The highest BCUT2D eigenvalue weighted by atomic mass is 31.1. The molecule has 0 radical (unpaired) electrons. The van der Waals surface area contributed by atoms with E-state index in [1.165, 1.54) is 27.8 Å². The average molecular weight is 300 g/mol. The maximum absolute atomic E-state index is 10.8. The Morgan fingerprint density at radius 1 is 1.24 bits per heavy atom. The van der Waals surface area contributed by atoms with E-state index in [0.29, 0.717) is 0 Å². The fraction of sp³-hybridized carbons (Fsp3) is 0.333. The van der Waals surface area contributed by atoms with Crippen LogP contribution in [-0.2, 0) is 9.09 Å². The van der Waals surface area contributed by atoms with Crippen LogP contribution >= 0.6 is 8.69 Å². The van der Waals surface area contributed by atoms with E-state index in [0.717, 1.165) is 12.0 Å². The van der Waals surface area contributed by atoms with E-state index in [4.69, 9.17) is 4.52 Å². The first kappa shape index (κ1) is 15.9. The monoisotopic (exact) mass is 300 g/mol. The summed E-state index contributed by atoms with van der Waals surface area (Å²) in [7, 11) is -0.287. The van der Waals surface area contributed by atoms with Crippen molar-refractivity contribution in [3.05, 3.63) is 63.8 Å². The third kappa shape index (κ3) is 3.58. The van der Waals surface area contributed by atoms with Crippen LogP contribution in [0.4, 0.5) is 0 Å². The predicted molar refractivity (Wildman–Crippen MR) is 88.6 cm³/mol. The molecule has 0 heterocycles. The van der Waals surface area contributed by atoms with E-state index >= 15 is 0 Å². The zero-order valence-corrected chi connectivity index (χ0v) is 13.9. The number of hydrogen-bond acceptors (Lipinski definition) is 2. The molecule has 2 nitrogen and oxygen atoms in total. The molecule has 0 amide bonds. The van der Waals surface area contributed by atoms with E-state index in [9.17, 15) is 4.57 Å². The summed E-state index contributed by atoms with van der Waals surface area (Å²) in [5.74, 6) is 0. The van der Waals surface area contributed by atoms with E-state index < -0.39 is 0 Å². The van der Waals surface area contributed by atoms with Gasteiger partial charge in [-0.2, -0.15) is 0 Å². The van der Waals surface area contributed by atoms with Gasteiger partial charge in [-0.15, -0.1) is 0 Å². The molecule has 110 valence electrons. The van der Waals surface area contributed by atoms with Crippen molar-refractivity contribution in [1.82, 2.24) is 0 Å². The molecule has 0 fully saturated rings. The van der Waals surface area contributed by atoms with Gasteiger partial charge in [0.1, 0.15) is 6.10 Å². The molecule has 1 aliphatic carbocycles. The van der Waals surface area contributed by atoms with Crippen LogP contribution in [0.2, 0.25) is 0 Å². The van der Waals surface area contributed by atoms with Crippen LogP contribution in [0.25, 0.3) is 6.08 Å². The fourth-order valence-electron chi connectivity index (χ4n) is 2.86. The molecule has 0 aromatic heterocycles. The second-order valence-corrected chi connectivity index (χ2v) is 5.80. The van der Waals surface area contributed by atoms with Gasteiger partial charge < -0.3 is 0 Å². The summed E-state index contributed by atoms with van der Waals surface area (Å²) in [6.07, 6.45) is 8.88. The second-order valence-electron chi connectivity index (χ2n) is 5.44. The molecule has 21 heavy (non-hydrogen) atoms. The summed E-state index contributed by atoms with van der Waals surface area (Å²) in [5.41, 5.74) is 7.32. The van der Waals surface area contributed by atoms with Crippen molar-refractivity contribution in [2.45, 2.75) is 40.2 Å². The van der Waals surface area contributed by atoms with Gasteiger partial charge in [0.15, 0.2) is 0 Å². The minimum absolute atomic E-state index is 0.246. The lowest BCUT2D eigenvalue weighted by Gasteiger charge is -2.21. The fourth-order valence-corrected chi connectivity index (χ4v) is 3.14. The molecule has 1 aromatic carbocycles. The first-order valence-electron chi connectivity index (χ1n) is 7.22. The number of aryl methyl sites for hydroxylation is 3. The third-order valence-corrected chi connectivity index (χ3v) is 4.15.